The molecular formula is C18H22N2O4S2. The summed E-state index contributed by atoms with van der Waals surface area (Å²) in [7, 11) is -3.75. The molecule has 1 aliphatic heterocycles. The number of carbonyl (C=O) groups is 1. The van der Waals surface area contributed by atoms with Crippen molar-refractivity contribution in [1.29, 1.82) is 0 Å². The molecule has 8 heteroatoms. The highest BCUT2D eigenvalue weighted by Gasteiger charge is 2.24. The lowest BCUT2D eigenvalue weighted by Crippen LogP contribution is -2.44. The number of carboxylic acids is 1. The Labute approximate surface area is 157 Å². The first-order valence-electron chi connectivity index (χ1n) is 8.41. The Morgan fingerprint density at radius 2 is 2.15 bits per heavy atom. The minimum Gasteiger partial charge on any atom is -0.478 e. The molecule has 2 aromatic rings. The Morgan fingerprint density at radius 1 is 1.38 bits per heavy atom. The van der Waals surface area contributed by atoms with E-state index in [4.69, 9.17) is 0 Å². The van der Waals surface area contributed by atoms with Gasteiger partial charge < -0.3 is 5.11 Å². The maximum absolute atomic E-state index is 12.5. The molecule has 1 aliphatic rings. The van der Waals surface area contributed by atoms with Gasteiger partial charge in [-0.05, 0) is 55.0 Å². The number of benzene rings is 1. The van der Waals surface area contributed by atoms with E-state index in [0.29, 0.717) is 5.56 Å². The summed E-state index contributed by atoms with van der Waals surface area (Å²) in [4.78, 5) is 14.9. The highest BCUT2D eigenvalue weighted by atomic mass is 32.2. The number of hydrogen-bond donors (Lipinski definition) is 2. The van der Waals surface area contributed by atoms with Gasteiger partial charge in [-0.25, -0.2) is 17.9 Å². The van der Waals surface area contributed by atoms with Crippen molar-refractivity contribution in [2.75, 3.05) is 13.1 Å². The molecule has 0 fully saturated rings. The third-order valence-corrected chi connectivity index (χ3v) is 7.22. The summed E-state index contributed by atoms with van der Waals surface area (Å²) in [5.41, 5.74) is 1.85. The van der Waals surface area contributed by atoms with E-state index in [9.17, 15) is 18.3 Å². The van der Waals surface area contributed by atoms with Crippen LogP contribution in [0.5, 0.6) is 0 Å². The van der Waals surface area contributed by atoms with Crippen LogP contribution in [0.2, 0.25) is 0 Å². The lowest BCUT2D eigenvalue weighted by Gasteiger charge is -2.32. The number of carboxylic acid groups (broad SMARTS) is 1. The molecule has 140 valence electrons. The fourth-order valence-corrected chi connectivity index (χ4v) is 5.13. The van der Waals surface area contributed by atoms with Crippen LogP contribution in [0.3, 0.4) is 0 Å². The fourth-order valence-electron chi connectivity index (χ4n) is 3.09. The predicted molar refractivity (Wildman–Crippen MR) is 101 cm³/mol. The van der Waals surface area contributed by atoms with Crippen LogP contribution >= 0.6 is 11.3 Å². The van der Waals surface area contributed by atoms with Gasteiger partial charge in [0, 0.05) is 30.6 Å². The second-order valence-electron chi connectivity index (χ2n) is 6.57. The lowest BCUT2D eigenvalue weighted by molar-refractivity contribution is 0.0696. The standard InChI is InChI=1S/C18H22N2O4S2/c1-12-3-4-15(9-16(12)18(21)22)26(23,24)19-10-13(2)20-7-5-17-14(11-20)6-8-25-17/h3-4,6,8-9,13,19H,5,7,10-11H2,1-2H3,(H,21,22). The molecule has 3 rings (SSSR count). The molecule has 1 atom stereocenters. The van der Waals surface area contributed by atoms with Crippen LogP contribution in [0.25, 0.3) is 0 Å². The van der Waals surface area contributed by atoms with Crippen molar-refractivity contribution in [2.24, 2.45) is 0 Å². The van der Waals surface area contributed by atoms with Crippen LogP contribution in [-0.2, 0) is 23.0 Å². The van der Waals surface area contributed by atoms with Crippen molar-refractivity contribution in [3.8, 4) is 0 Å². The molecule has 1 aromatic heterocycles. The quantitative estimate of drug-likeness (QED) is 0.786. The highest BCUT2D eigenvalue weighted by molar-refractivity contribution is 7.89. The van der Waals surface area contributed by atoms with Crippen LogP contribution in [0.15, 0.2) is 34.5 Å². The van der Waals surface area contributed by atoms with Crippen molar-refractivity contribution in [1.82, 2.24) is 9.62 Å². The van der Waals surface area contributed by atoms with E-state index in [2.05, 4.69) is 21.1 Å². The minimum absolute atomic E-state index is 0.00180. The molecule has 0 amide bonds. The Kier molecular flexibility index (Phi) is 5.47. The zero-order valence-corrected chi connectivity index (χ0v) is 16.4. The van der Waals surface area contributed by atoms with Gasteiger partial charge in [0.1, 0.15) is 0 Å². The summed E-state index contributed by atoms with van der Waals surface area (Å²) >= 11 is 1.77. The number of aryl methyl sites for hydroxylation is 1. The number of rotatable bonds is 6. The maximum Gasteiger partial charge on any atom is 0.335 e. The average molecular weight is 395 g/mol. The van der Waals surface area contributed by atoms with Crippen LogP contribution in [0.4, 0.5) is 0 Å². The lowest BCUT2D eigenvalue weighted by atomic mass is 10.1. The van der Waals surface area contributed by atoms with Crippen LogP contribution in [0.1, 0.15) is 33.3 Å². The largest absolute Gasteiger partial charge is 0.478 e. The third-order valence-electron chi connectivity index (χ3n) is 4.78. The van der Waals surface area contributed by atoms with Gasteiger partial charge in [-0.1, -0.05) is 6.07 Å². The van der Waals surface area contributed by atoms with E-state index in [-0.39, 0.29) is 23.0 Å². The van der Waals surface area contributed by atoms with Crippen LogP contribution < -0.4 is 4.72 Å². The molecular weight excluding hydrogens is 372 g/mol. The molecule has 0 saturated heterocycles. The molecule has 0 aliphatic carbocycles. The zero-order chi connectivity index (χ0) is 18.9. The number of nitrogens with one attached hydrogen (secondary N) is 1. The van der Waals surface area contributed by atoms with Gasteiger partial charge in [-0.15, -0.1) is 11.3 Å². The van der Waals surface area contributed by atoms with E-state index >= 15 is 0 Å². The summed E-state index contributed by atoms with van der Waals surface area (Å²) in [6, 6.07) is 6.34. The smallest absolute Gasteiger partial charge is 0.335 e. The summed E-state index contributed by atoms with van der Waals surface area (Å²) in [5, 5.41) is 11.3. The topological polar surface area (TPSA) is 86.7 Å². The number of sulfonamides is 1. The van der Waals surface area contributed by atoms with E-state index in [1.54, 1.807) is 18.3 Å². The SMILES string of the molecule is Cc1ccc(S(=O)(=O)NCC(C)N2CCc3sccc3C2)cc1C(=O)O. The van der Waals surface area contributed by atoms with Crippen molar-refractivity contribution in [2.45, 2.75) is 37.8 Å². The zero-order valence-electron chi connectivity index (χ0n) is 14.7. The number of fused-ring (bicyclic) bond motifs is 1. The molecule has 0 saturated carbocycles. The number of hydrogen-bond acceptors (Lipinski definition) is 5. The molecule has 2 N–H and O–H groups in total. The molecule has 1 unspecified atom stereocenters. The maximum atomic E-state index is 12.5. The summed E-state index contributed by atoms with van der Waals surface area (Å²) < 4.78 is 27.7. The fraction of sp³-hybridized carbons (Fsp3) is 0.389. The highest BCUT2D eigenvalue weighted by Crippen LogP contribution is 2.25. The third kappa shape index (κ3) is 3.98. The van der Waals surface area contributed by atoms with Gasteiger partial charge in [0.2, 0.25) is 10.0 Å². The summed E-state index contributed by atoms with van der Waals surface area (Å²) in [6.45, 7) is 5.65. The summed E-state index contributed by atoms with van der Waals surface area (Å²) in [5.74, 6) is -1.13. The molecule has 0 spiro atoms. The normalized spacial score (nSPS) is 16.2. The second-order valence-corrected chi connectivity index (χ2v) is 9.34. The van der Waals surface area contributed by atoms with Crippen LogP contribution in [-0.4, -0.2) is 43.5 Å². The molecule has 6 nitrogen and oxygen atoms in total. The Bertz CT molecular complexity index is 921. The first-order valence-corrected chi connectivity index (χ1v) is 10.8. The van der Waals surface area contributed by atoms with Crippen molar-refractivity contribution < 1.29 is 18.3 Å². The van der Waals surface area contributed by atoms with Gasteiger partial charge in [-0.3, -0.25) is 4.90 Å². The Balaban J connectivity index is 1.67. The van der Waals surface area contributed by atoms with Gasteiger partial charge in [0.05, 0.1) is 10.5 Å². The van der Waals surface area contributed by atoms with Crippen molar-refractivity contribution in [3.05, 3.63) is 51.2 Å². The number of thiophene rings is 1. The number of aromatic carboxylic acids is 1. The summed E-state index contributed by atoms with van der Waals surface area (Å²) in [6.07, 6.45) is 0.990. The Hall–Kier alpha value is -1.74. The first kappa shape index (κ1) is 19.0. The molecule has 26 heavy (non-hydrogen) atoms. The van der Waals surface area contributed by atoms with Crippen LogP contribution in [0, 0.1) is 6.92 Å². The molecule has 1 aromatic carbocycles. The minimum atomic E-state index is -3.75. The predicted octanol–water partition coefficient (Wildman–Crippen LogP) is 2.48. The van der Waals surface area contributed by atoms with E-state index in [1.165, 1.54) is 28.6 Å². The van der Waals surface area contributed by atoms with E-state index < -0.39 is 16.0 Å². The molecule has 0 bridgehead atoms. The first-order chi connectivity index (χ1) is 12.3. The second kappa shape index (κ2) is 7.48. The van der Waals surface area contributed by atoms with Crippen molar-refractivity contribution >= 4 is 27.3 Å². The molecule has 0 radical (unpaired) electrons. The average Bonchev–Trinajstić information content (AvgIpc) is 3.07. The van der Waals surface area contributed by atoms with Gasteiger partial charge in [-0.2, -0.15) is 0 Å². The monoisotopic (exact) mass is 394 g/mol. The van der Waals surface area contributed by atoms with Crippen molar-refractivity contribution in [3.63, 3.8) is 0 Å². The van der Waals surface area contributed by atoms with E-state index in [0.717, 1.165) is 19.5 Å². The van der Waals surface area contributed by atoms with Gasteiger partial charge in [0.25, 0.3) is 0 Å². The van der Waals surface area contributed by atoms with Gasteiger partial charge in [0.15, 0.2) is 0 Å². The number of nitrogens with zero attached hydrogens (tertiary/aromatic N) is 1. The molecule has 2 heterocycles. The van der Waals surface area contributed by atoms with E-state index in [1.807, 2.05) is 6.92 Å². The van der Waals surface area contributed by atoms with Gasteiger partial charge >= 0.3 is 5.97 Å². The Morgan fingerprint density at radius 3 is 2.88 bits per heavy atom.